The van der Waals surface area contributed by atoms with E-state index in [1.54, 1.807) is 6.07 Å². The summed E-state index contributed by atoms with van der Waals surface area (Å²) in [7, 11) is 0. The predicted octanol–water partition coefficient (Wildman–Crippen LogP) is 3.18. The van der Waals surface area contributed by atoms with Crippen LogP contribution in [-0.2, 0) is 4.74 Å². The van der Waals surface area contributed by atoms with E-state index in [0.717, 1.165) is 25.0 Å². The van der Waals surface area contributed by atoms with Gasteiger partial charge in [-0.05, 0) is 43.4 Å². The third-order valence-electron chi connectivity index (χ3n) is 4.18. The van der Waals surface area contributed by atoms with Gasteiger partial charge in [-0.3, -0.25) is 4.79 Å². The molecule has 2 unspecified atom stereocenters. The normalized spacial score (nSPS) is 21.3. The zero-order chi connectivity index (χ0) is 15.4. The molecule has 0 saturated carbocycles. The van der Waals surface area contributed by atoms with E-state index in [4.69, 9.17) is 10.5 Å². The van der Waals surface area contributed by atoms with Crippen molar-refractivity contribution in [2.75, 3.05) is 18.9 Å². The molecular formula is C17H27ClN2O2. The van der Waals surface area contributed by atoms with Crippen LogP contribution in [0.25, 0.3) is 0 Å². The number of nitrogen functional groups attached to an aromatic ring is 1. The lowest BCUT2D eigenvalue weighted by Crippen LogP contribution is -2.41. The Kier molecular flexibility index (Phi) is 7.17. The molecule has 1 saturated heterocycles. The number of halogens is 1. The van der Waals surface area contributed by atoms with Gasteiger partial charge >= 0.3 is 0 Å². The van der Waals surface area contributed by atoms with Crippen molar-refractivity contribution in [3.05, 3.63) is 29.3 Å². The molecule has 2 atom stereocenters. The molecule has 1 heterocycles. The minimum atomic E-state index is -0.0483. The fourth-order valence-corrected chi connectivity index (χ4v) is 3.02. The quantitative estimate of drug-likeness (QED) is 0.835. The van der Waals surface area contributed by atoms with E-state index < -0.39 is 0 Å². The van der Waals surface area contributed by atoms with Gasteiger partial charge in [0.05, 0.1) is 6.10 Å². The van der Waals surface area contributed by atoms with Crippen molar-refractivity contribution >= 4 is 24.0 Å². The first-order chi connectivity index (χ1) is 9.99. The second-order valence-corrected chi connectivity index (χ2v) is 6.27. The molecule has 3 N–H and O–H groups in total. The summed E-state index contributed by atoms with van der Waals surface area (Å²) >= 11 is 0. The summed E-state index contributed by atoms with van der Waals surface area (Å²) in [5, 5.41) is 3.05. The van der Waals surface area contributed by atoms with Crippen LogP contribution in [0, 0.1) is 18.8 Å². The minimum Gasteiger partial charge on any atom is -0.399 e. The summed E-state index contributed by atoms with van der Waals surface area (Å²) in [5.41, 5.74) is 7.99. The second kappa shape index (κ2) is 8.39. The predicted molar refractivity (Wildman–Crippen MR) is 92.5 cm³/mol. The zero-order valence-corrected chi connectivity index (χ0v) is 14.4. The molecule has 2 rings (SSSR count). The van der Waals surface area contributed by atoms with Crippen molar-refractivity contribution in [3.8, 4) is 0 Å². The molecule has 124 valence electrons. The van der Waals surface area contributed by atoms with E-state index in [1.807, 2.05) is 19.1 Å². The lowest BCUT2D eigenvalue weighted by atomic mass is 9.87. The number of nitrogens with one attached hydrogen (secondary N) is 1. The molecule has 0 radical (unpaired) electrons. The summed E-state index contributed by atoms with van der Waals surface area (Å²) in [6.07, 6.45) is 2.42. The Morgan fingerprint density at radius 2 is 2.18 bits per heavy atom. The molecule has 1 aliphatic rings. The lowest BCUT2D eigenvalue weighted by Gasteiger charge is -2.34. The molecule has 1 aromatic rings. The number of amides is 1. The van der Waals surface area contributed by atoms with Gasteiger partial charge in [-0.15, -0.1) is 12.4 Å². The average Bonchev–Trinajstić information content (AvgIpc) is 2.47. The number of rotatable bonds is 4. The molecule has 5 heteroatoms. The highest BCUT2D eigenvalue weighted by Gasteiger charge is 2.28. The standard InChI is InChI=1S/C17H26N2O2.ClH/c1-11(2)16-13(5-4-8-21-16)10-19-17(20)15-9-14(18)7-6-12(15)3;/h6-7,9,11,13,16H,4-5,8,10,18H2,1-3H3,(H,19,20);1H. The Morgan fingerprint density at radius 3 is 2.86 bits per heavy atom. The summed E-state index contributed by atoms with van der Waals surface area (Å²) in [5.74, 6) is 0.818. The van der Waals surface area contributed by atoms with Gasteiger partial charge in [0.15, 0.2) is 0 Å². The number of benzene rings is 1. The van der Waals surface area contributed by atoms with Gasteiger partial charge in [-0.1, -0.05) is 19.9 Å². The first-order valence-electron chi connectivity index (χ1n) is 7.75. The fraction of sp³-hybridized carbons (Fsp3) is 0.588. The summed E-state index contributed by atoms with van der Waals surface area (Å²) in [6.45, 7) is 7.77. The maximum atomic E-state index is 12.3. The van der Waals surface area contributed by atoms with Crippen molar-refractivity contribution in [3.63, 3.8) is 0 Å². The first-order valence-corrected chi connectivity index (χ1v) is 7.75. The van der Waals surface area contributed by atoms with E-state index in [2.05, 4.69) is 19.2 Å². The smallest absolute Gasteiger partial charge is 0.251 e. The number of ether oxygens (including phenoxy) is 1. The van der Waals surface area contributed by atoms with E-state index >= 15 is 0 Å². The molecule has 1 aromatic carbocycles. The Morgan fingerprint density at radius 1 is 1.45 bits per heavy atom. The van der Waals surface area contributed by atoms with Crippen molar-refractivity contribution in [2.24, 2.45) is 11.8 Å². The molecule has 1 fully saturated rings. The second-order valence-electron chi connectivity index (χ2n) is 6.27. The molecule has 4 nitrogen and oxygen atoms in total. The van der Waals surface area contributed by atoms with E-state index in [1.165, 1.54) is 0 Å². The Hall–Kier alpha value is -1.26. The number of carbonyl (C=O) groups is 1. The van der Waals surface area contributed by atoms with Gasteiger partial charge in [0.25, 0.3) is 5.91 Å². The van der Waals surface area contributed by atoms with E-state index in [9.17, 15) is 4.79 Å². The lowest BCUT2D eigenvalue weighted by molar-refractivity contribution is -0.0510. The highest BCUT2D eigenvalue weighted by atomic mass is 35.5. The van der Waals surface area contributed by atoms with Crippen LogP contribution in [0.2, 0.25) is 0 Å². The number of anilines is 1. The molecule has 0 bridgehead atoms. The summed E-state index contributed by atoms with van der Waals surface area (Å²) in [4.78, 5) is 12.3. The SMILES string of the molecule is Cc1ccc(N)cc1C(=O)NCC1CCCOC1C(C)C.Cl. The van der Waals surface area contributed by atoms with Crippen molar-refractivity contribution in [2.45, 2.75) is 39.7 Å². The fourth-order valence-electron chi connectivity index (χ4n) is 3.02. The average molecular weight is 327 g/mol. The van der Waals surface area contributed by atoms with Gasteiger partial charge in [-0.2, -0.15) is 0 Å². The highest BCUT2D eigenvalue weighted by molar-refractivity contribution is 5.96. The molecule has 1 amide bonds. The van der Waals surface area contributed by atoms with Crippen LogP contribution in [0.4, 0.5) is 5.69 Å². The molecule has 0 aliphatic carbocycles. The molecular weight excluding hydrogens is 300 g/mol. The zero-order valence-electron chi connectivity index (χ0n) is 13.6. The third kappa shape index (κ3) is 4.62. The summed E-state index contributed by atoms with van der Waals surface area (Å²) in [6, 6.07) is 5.43. The largest absolute Gasteiger partial charge is 0.399 e. The first kappa shape index (κ1) is 18.8. The van der Waals surface area contributed by atoms with Crippen LogP contribution in [0.1, 0.15) is 42.6 Å². The van der Waals surface area contributed by atoms with Crippen molar-refractivity contribution in [1.29, 1.82) is 0 Å². The molecule has 0 aromatic heterocycles. The van der Waals surface area contributed by atoms with Crippen LogP contribution in [0.3, 0.4) is 0 Å². The van der Waals surface area contributed by atoms with Gasteiger partial charge in [0, 0.05) is 30.3 Å². The minimum absolute atomic E-state index is 0. The van der Waals surface area contributed by atoms with Crippen LogP contribution in [0.5, 0.6) is 0 Å². The monoisotopic (exact) mass is 326 g/mol. The van der Waals surface area contributed by atoms with E-state index in [0.29, 0.717) is 29.6 Å². The number of nitrogens with two attached hydrogens (primary N) is 1. The molecule has 0 spiro atoms. The maximum Gasteiger partial charge on any atom is 0.251 e. The Balaban J connectivity index is 0.00000242. The Labute approximate surface area is 139 Å². The highest BCUT2D eigenvalue weighted by Crippen LogP contribution is 2.25. The number of hydrogen-bond acceptors (Lipinski definition) is 3. The number of carbonyl (C=O) groups excluding carboxylic acids is 1. The van der Waals surface area contributed by atoms with Gasteiger partial charge in [0.2, 0.25) is 0 Å². The van der Waals surface area contributed by atoms with Gasteiger partial charge in [0.1, 0.15) is 0 Å². The number of aryl methyl sites for hydroxylation is 1. The molecule has 1 aliphatic heterocycles. The summed E-state index contributed by atoms with van der Waals surface area (Å²) < 4.78 is 5.86. The topological polar surface area (TPSA) is 64.4 Å². The van der Waals surface area contributed by atoms with Gasteiger partial charge < -0.3 is 15.8 Å². The van der Waals surface area contributed by atoms with Crippen LogP contribution < -0.4 is 11.1 Å². The maximum absolute atomic E-state index is 12.3. The van der Waals surface area contributed by atoms with Crippen LogP contribution >= 0.6 is 12.4 Å². The number of hydrogen-bond donors (Lipinski definition) is 2. The Bertz CT molecular complexity index is 505. The van der Waals surface area contributed by atoms with Crippen molar-refractivity contribution in [1.82, 2.24) is 5.32 Å². The van der Waals surface area contributed by atoms with Crippen molar-refractivity contribution < 1.29 is 9.53 Å². The van der Waals surface area contributed by atoms with Crippen LogP contribution in [-0.4, -0.2) is 25.2 Å². The third-order valence-corrected chi connectivity index (χ3v) is 4.18. The van der Waals surface area contributed by atoms with E-state index in [-0.39, 0.29) is 24.4 Å². The molecule has 22 heavy (non-hydrogen) atoms. The van der Waals surface area contributed by atoms with Gasteiger partial charge in [-0.25, -0.2) is 0 Å². The van der Waals surface area contributed by atoms with Crippen LogP contribution in [0.15, 0.2) is 18.2 Å².